The van der Waals surface area contributed by atoms with Gasteiger partial charge in [-0.2, -0.15) is 0 Å². The summed E-state index contributed by atoms with van der Waals surface area (Å²) in [5.74, 6) is 0. The molecule has 0 bridgehead atoms. The predicted molar refractivity (Wildman–Crippen MR) is 42.4 cm³/mol. The fourth-order valence-electron chi connectivity index (χ4n) is 0.474. The summed E-state index contributed by atoms with van der Waals surface area (Å²) in [5, 5.41) is 0. The smallest absolute Gasteiger partial charge is 0.0926 e. The summed E-state index contributed by atoms with van der Waals surface area (Å²) in [4.78, 5) is 0. The van der Waals surface area contributed by atoms with E-state index >= 15 is 0 Å². The van der Waals surface area contributed by atoms with Gasteiger partial charge in [-0.1, -0.05) is 6.92 Å². The highest BCUT2D eigenvalue weighted by atomic mass is 35.5. The quantitative estimate of drug-likeness (QED) is 0.456. The highest BCUT2D eigenvalue weighted by Gasteiger charge is 2.29. The van der Waals surface area contributed by atoms with E-state index in [-0.39, 0.29) is 12.4 Å². The molecule has 64 valence electrons. The lowest BCUT2D eigenvalue weighted by molar-refractivity contribution is -0.919. The third kappa shape index (κ3) is 2.89. The molecular weight excluding hydrogens is 146 g/mol. The van der Waals surface area contributed by atoms with Gasteiger partial charge < -0.3 is 16.9 Å². The molecule has 0 aliphatic heterocycles. The van der Waals surface area contributed by atoms with Crippen LogP contribution in [-0.2, 0) is 0 Å². The number of rotatable bonds is 2. The van der Waals surface area contributed by atoms with Crippen LogP contribution in [0.5, 0.6) is 0 Å². The van der Waals surface area contributed by atoms with Crippen LogP contribution in [0, 0.1) is 0 Å². The molecule has 10 heavy (non-hydrogen) atoms. The zero-order valence-corrected chi connectivity index (χ0v) is 8.79. The summed E-state index contributed by atoms with van der Waals surface area (Å²) >= 11 is 0. The summed E-state index contributed by atoms with van der Waals surface area (Å²) in [5.41, 5.74) is 0.417. The van der Waals surface area contributed by atoms with Gasteiger partial charge in [-0.25, -0.2) is 0 Å². The van der Waals surface area contributed by atoms with Crippen molar-refractivity contribution in [2.75, 3.05) is 21.1 Å². The van der Waals surface area contributed by atoms with Crippen molar-refractivity contribution in [3.8, 4) is 0 Å². The molecule has 0 rings (SSSR count). The third-order valence-corrected chi connectivity index (χ3v) is 2.68. The monoisotopic (exact) mass is 165 g/mol. The van der Waals surface area contributed by atoms with E-state index < -0.39 is 0 Å². The molecule has 0 heterocycles. The fraction of sp³-hybridized carbons (Fsp3) is 1.00. The van der Waals surface area contributed by atoms with Gasteiger partial charge in [-0.05, 0) is 20.3 Å². The van der Waals surface area contributed by atoms with Crippen LogP contribution in [0.1, 0.15) is 27.2 Å². The van der Waals surface area contributed by atoms with Crippen molar-refractivity contribution in [3.63, 3.8) is 0 Å². The largest absolute Gasteiger partial charge is 1.00 e. The Hall–Kier alpha value is 0.250. The minimum Gasteiger partial charge on any atom is -1.00 e. The van der Waals surface area contributed by atoms with Crippen LogP contribution in [0.3, 0.4) is 0 Å². The standard InChI is InChI=1S/C8H20N.ClH/c1-7-8(2,3)9(4,5)6;/h7H2,1-6H3;1H/q+1;/p-1. The highest BCUT2D eigenvalue weighted by molar-refractivity contribution is 4.64. The van der Waals surface area contributed by atoms with Gasteiger partial charge in [0.1, 0.15) is 0 Å². The number of hydrogen-bond acceptors (Lipinski definition) is 0. The topological polar surface area (TPSA) is 0 Å². The van der Waals surface area contributed by atoms with E-state index in [9.17, 15) is 0 Å². The molecule has 0 aliphatic rings. The van der Waals surface area contributed by atoms with E-state index in [1.54, 1.807) is 0 Å². The second-order valence-electron chi connectivity index (χ2n) is 4.18. The zero-order chi connectivity index (χ0) is 7.71. The van der Waals surface area contributed by atoms with E-state index in [0.717, 1.165) is 4.48 Å². The maximum Gasteiger partial charge on any atom is 0.0926 e. The van der Waals surface area contributed by atoms with Gasteiger partial charge >= 0.3 is 0 Å². The fourth-order valence-corrected chi connectivity index (χ4v) is 0.474. The molecule has 0 saturated heterocycles. The van der Waals surface area contributed by atoms with Crippen molar-refractivity contribution in [1.29, 1.82) is 0 Å². The highest BCUT2D eigenvalue weighted by Crippen LogP contribution is 2.20. The van der Waals surface area contributed by atoms with Crippen LogP contribution in [0.25, 0.3) is 0 Å². The molecule has 0 fully saturated rings. The molecule has 0 radical (unpaired) electrons. The van der Waals surface area contributed by atoms with Gasteiger partial charge in [0.05, 0.1) is 26.7 Å². The lowest BCUT2D eigenvalue weighted by atomic mass is 9.98. The molecule has 0 aromatic carbocycles. The first-order valence-corrected chi connectivity index (χ1v) is 3.63. The number of hydrogen-bond donors (Lipinski definition) is 0. The molecule has 0 aromatic rings. The first-order valence-electron chi connectivity index (χ1n) is 3.63. The van der Waals surface area contributed by atoms with Crippen molar-refractivity contribution in [1.82, 2.24) is 0 Å². The minimum atomic E-state index is 0. The molecule has 1 nitrogen and oxygen atoms in total. The normalized spacial score (nSPS) is 12.6. The molecular formula is C8H20ClN. The Balaban J connectivity index is 0. The van der Waals surface area contributed by atoms with E-state index in [4.69, 9.17) is 0 Å². The van der Waals surface area contributed by atoms with Crippen LogP contribution in [0.2, 0.25) is 0 Å². The molecule has 0 spiro atoms. The second-order valence-corrected chi connectivity index (χ2v) is 4.18. The molecule has 0 unspecified atom stereocenters. The van der Waals surface area contributed by atoms with E-state index in [2.05, 4.69) is 41.9 Å². The maximum absolute atomic E-state index is 2.30. The Morgan fingerprint density at radius 1 is 1.10 bits per heavy atom. The Morgan fingerprint density at radius 3 is 1.40 bits per heavy atom. The average Bonchev–Trinajstić information content (AvgIpc) is 1.64. The van der Waals surface area contributed by atoms with Crippen LogP contribution in [0.4, 0.5) is 0 Å². The van der Waals surface area contributed by atoms with Crippen LogP contribution in [-0.4, -0.2) is 31.2 Å². The van der Waals surface area contributed by atoms with Crippen LogP contribution in [0.15, 0.2) is 0 Å². The molecule has 0 N–H and O–H groups in total. The van der Waals surface area contributed by atoms with Gasteiger partial charge in [-0.15, -0.1) is 0 Å². The average molecular weight is 166 g/mol. The second kappa shape index (κ2) is 3.59. The summed E-state index contributed by atoms with van der Waals surface area (Å²) in [6.07, 6.45) is 1.23. The Labute approximate surface area is 71.4 Å². The molecule has 2 heteroatoms. The van der Waals surface area contributed by atoms with Crippen molar-refractivity contribution < 1.29 is 16.9 Å². The summed E-state index contributed by atoms with van der Waals surface area (Å²) in [7, 11) is 6.72. The Kier molecular flexibility index (Phi) is 4.62. The van der Waals surface area contributed by atoms with Crippen LogP contribution >= 0.6 is 0 Å². The molecule has 0 atom stereocenters. The van der Waals surface area contributed by atoms with Crippen molar-refractivity contribution in [2.45, 2.75) is 32.7 Å². The van der Waals surface area contributed by atoms with Gasteiger partial charge in [-0.3, -0.25) is 0 Å². The molecule has 0 aliphatic carbocycles. The van der Waals surface area contributed by atoms with Gasteiger partial charge in [0.15, 0.2) is 0 Å². The van der Waals surface area contributed by atoms with Crippen molar-refractivity contribution >= 4 is 0 Å². The van der Waals surface area contributed by atoms with Crippen molar-refractivity contribution in [2.24, 2.45) is 0 Å². The molecule has 0 aromatic heterocycles. The molecule has 0 amide bonds. The number of halogens is 1. The predicted octanol–water partition coefficient (Wildman–Crippen LogP) is -1.11. The Bertz CT molecular complexity index is 91.9. The van der Waals surface area contributed by atoms with Crippen LogP contribution < -0.4 is 12.4 Å². The van der Waals surface area contributed by atoms with Crippen molar-refractivity contribution in [3.05, 3.63) is 0 Å². The van der Waals surface area contributed by atoms with Gasteiger partial charge in [0.25, 0.3) is 0 Å². The van der Waals surface area contributed by atoms with E-state index in [1.165, 1.54) is 6.42 Å². The molecule has 0 saturated carbocycles. The minimum absolute atomic E-state index is 0. The number of quaternary nitrogens is 1. The maximum atomic E-state index is 2.30. The summed E-state index contributed by atoms with van der Waals surface area (Å²) < 4.78 is 1.05. The lowest BCUT2D eigenvalue weighted by Gasteiger charge is -2.40. The first-order chi connectivity index (χ1) is 3.81. The van der Waals surface area contributed by atoms with Gasteiger partial charge in [0, 0.05) is 0 Å². The van der Waals surface area contributed by atoms with E-state index in [1.807, 2.05) is 0 Å². The Morgan fingerprint density at radius 2 is 1.40 bits per heavy atom. The SMILES string of the molecule is CCC(C)(C)[N+](C)(C)C.[Cl-]. The zero-order valence-electron chi connectivity index (χ0n) is 8.03. The third-order valence-electron chi connectivity index (χ3n) is 2.68. The number of nitrogens with zero attached hydrogens (tertiary/aromatic N) is 1. The first kappa shape index (κ1) is 12.9. The summed E-state index contributed by atoms with van der Waals surface area (Å²) in [6.45, 7) is 6.84. The lowest BCUT2D eigenvalue weighted by Crippen LogP contribution is -3.00. The van der Waals surface area contributed by atoms with Gasteiger partial charge in [0.2, 0.25) is 0 Å². The summed E-state index contributed by atoms with van der Waals surface area (Å²) in [6, 6.07) is 0. The van der Waals surface area contributed by atoms with E-state index in [0.29, 0.717) is 5.54 Å².